The number of carbonyl (C=O) groups is 10. The van der Waals surface area contributed by atoms with Crippen LogP contribution in [0.5, 0.6) is 57.5 Å². The fourth-order valence-corrected chi connectivity index (χ4v) is 11.1. The topological polar surface area (TPSA) is 384 Å². The lowest BCUT2D eigenvalue weighted by molar-refractivity contribution is -0.146. The summed E-state index contributed by atoms with van der Waals surface area (Å²) in [6.45, 7) is 8.67. The molecule has 0 unspecified atom stereocenters. The first-order valence-corrected chi connectivity index (χ1v) is 36.6. The van der Waals surface area contributed by atoms with Crippen molar-refractivity contribution in [3.63, 3.8) is 0 Å². The number of hydrogen-bond donors (Lipinski definition) is 2. The second kappa shape index (κ2) is 47.5. The van der Waals surface area contributed by atoms with Gasteiger partial charge in [-0.2, -0.15) is 0 Å². The fraction of sp³-hybridized carbons (Fsp3) is 0.494. The zero-order chi connectivity index (χ0) is 79.7. The molecular weight excluding hydrogens is 1440 g/mol. The van der Waals surface area contributed by atoms with Gasteiger partial charge in [-0.1, -0.05) is 12.8 Å². The number of ether oxygens (including phenoxy) is 19. The number of esters is 9. The molecule has 31 nitrogen and oxygen atoms in total. The van der Waals surface area contributed by atoms with Crippen LogP contribution in [0.25, 0.3) is 0 Å². The molecule has 1 amide bonds. The average molecular weight is 1540 g/mol. The van der Waals surface area contributed by atoms with Crippen molar-refractivity contribution in [1.29, 1.82) is 0 Å². The van der Waals surface area contributed by atoms with E-state index in [-0.39, 0.29) is 205 Å². The maximum atomic E-state index is 13.9. The van der Waals surface area contributed by atoms with Gasteiger partial charge in [0.15, 0.2) is 66.1 Å². The smallest absolute Gasteiger partial charge is 0.344 e. The minimum Gasteiger partial charge on any atom is -0.483 e. The van der Waals surface area contributed by atoms with Crippen LogP contribution in [0.15, 0.2) is 60.7 Å². The standard InChI is InChI=1S/C79H100N2O29/c1-10-92-71(83)41-102-61-31-50-25-52-32-63(104-43-73(85)94-12-3)54(34-62(52)103-42-72(84)93-11-2)27-56-36-67(108-47-77(89)98-16-7)58(38-66(56)107-46-76(88)97-15-6)29-59-39-68(109-48-78(90)99-17-8)57(37-69(59)110-49-79(91)100-18-9)28-55-35-64(105-44-74(86)95-13-4)53(33-65(55)106-45-75(87)96-14-5)26-51(61)30-60(50)101-40-70(82)81-24-22-20-19-21-23-80/h30-39H,10-29,40-49,80H2,1-9H3,(H,81,82). The number of unbranched alkanes of at least 4 members (excludes halogenated alkanes) is 3. The number of rotatable bonds is 45. The SMILES string of the molecule is CCOC(=O)COc1cc2c(OCC(=O)OCC)cc1Cc1cc(OCC(=O)OCC)c(cc1OCC(=O)NCCCCCCN)Cc1cc(OCC(=O)OCC)c(cc1OCC(=O)OCC)Cc1cc(OCC(=O)OCC)c(cc1OCC(=O)OCC)Cc1cc(OCC(=O)OCC)c(cc1OCC(=O)OCC)C2. The van der Waals surface area contributed by atoms with Crippen molar-refractivity contribution < 1.29 is 138 Å². The highest BCUT2D eigenvalue weighted by Gasteiger charge is 2.28. The van der Waals surface area contributed by atoms with Crippen LogP contribution in [-0.2, 0) is 123 Å². The van der Waals surface area contributed by atoms with E-state index in [9.17, 15) is 47.9 Å². The highest BCUT2D eigenvalue weighted by Crippen LogP contribution is 2.43. The molecule has 10 bridgehead atoms. The summed E-state index contributed by atoms with van der Waals surface area (Å²) in [7, 11) is 0. The largest absolute Gasteiger partial charge is 0.483 e. The maximum absolute atomic E-state index is 13.9. The molecule has 0 heterocycles. The van der Waals surface area contributed by atoms with Crippen LogP contribution in [-0.4, -0.2) is 198 Å². The molecule has 10 aliphatic rings. The normalized spacial score (nSPS) is 11.4. The summed E-state index contributed by atoms with van der Waals surface area (Å²) in [6, 6.07) is 15.3. The summed E-state index contributed by atoms with van der Waals surface area (Å²) >= 11 is 0. The third-order valence-electron chi connectivity index (χ3n) is 15.8. The van der Waals surface area contributed by atoms with Gasteiger partial charge in [-0.05, 0) is 142 Å². The van der Waals surface area contributed by atoms with Gasteiger partial charge in [0.25, 0.3) is 5.91 Å². The molecule has 5 aromatic carbocycles. The Hall–Kier alpha value is -11.2. The number of carbonyl (C=O) groups excluding carboxylic acids is 10. The Morgan fingerprint density at radius 1 is 0.245 bits per heavy atom. The van der Waals surface area contributed by atoms with Crippen molar-refractivity contribution >= 4 is 59.6 Å². The van der Waals surface area contributed by atoms with E-state index in [1.807, 2.05) is 0 Å². The summed E-state index contributed by atoms with van der Waals surface area (Å²) < 4.78 is 112. The molecule has 0 spiro atoms. The molecule has 0 saturated carbocycles. The molecule has 15 rings (SSSR count). The Morgan fingerprint density at radius 3 is 0.555 bits per heavy atom. The molecule has 110 heavy (non-hydrogen) atoms. The van der Waals surface area contributed by atoms with Gasteiger partial charge in [0.05, 0.1) is 59.5 Å². The maximum Gasteiger partial charge on any atom is 0.344 e. The van der Waals surface area contributed by atoms with Crippen LogP contribution in [0.1, 0.15) is 144 Å². The molecule has 0 saturated heterocycles. The van der Waals surface area contributed by atoms with E-state index in [0.29, 0.717) is 19.5 Å². The van der Waals surface area contributed by atoms with Crippen molar-refractivity contribution in [3.05, 3.63) is 116 Å². The third-order valence-corrected chi connectivity index (χ3v) is 15.8. The quantitative estimate of drug-likeness (QED) is 0.0213. The Morgan fingerprint density at radius 2 is 0.400 bits per heavy atom. The van der Waals surface area contributed by atoms with E-state index in [0.717, 1.165) is 19.3 Å². The lowest BCUT2D eigenvalue weighted by Crippen LogP contribution is -2.29. The molecule has 3 N–H and O–H groups in total. The van der Waals surface area contributed by atoms with Crippen LogP contribution in [0.2, 0.25) is 0 Å². The van der Waals surface area contributed by atoms with Crippen LogP contribution < -0.4 is 58.4 Å². The van der Waals surface area contributed by atoms with Gasteiger partial charge in [-0.3, -0.25) is 4.79 Å². The molecule has 31 heteroatoms. The van der Waals surface area contributed by atoms with Crippen LogP contribution in [0, 0.1) is 0 Å². The number of amides is 1. The molecule has 0 aromatic heterocycles. The summed E-state index contributed by atoms with van der Waals surface area (Å²) in [4.78, 5) is 134. The number of benzene rings is 5. The molecular formula is C79H100N2O29. The monoisotopic (exact) mass is 1540 g/mol. The van der Waals surface area contributed by atoms with Crippen molar-refractivity contribution in [2.75, 3.05) is 139 Å². The summed E-state index contributed by atoms with van der Waals surface area (Å²) in [5.41, 5.74) is 8.16. The summed E-state index contributed by atoms with van der Waals surface area (Å²) in [5, 5.41) is 2.90. The number of nitrogens with two attached hydrogens (primary N) is 1. The van der Waals surface area contributed by atoms with Gasteiger partial charge >= 0.3 is 53.7 Å². The Balaban J connectivity index is 1.86. The predicted octanol–water partition coefficient (Wildman–Crippen LogP) is 7.45. The number of hydrogen-bond acceptors (Lipinski definition) is 30. The average Bonchev–Trinajstić information content (AvgIpc) is 0.877. The Labute approximate surface area is 638 Å². The van der Waals surface area contributed by atoms with E-state index >= 15 is 0 Å². The molecule has 5 aromatic rings. The first-order chi connectivity index (χ1) is 53.2. The van der Waals surface area contributed by atoms with Crippen molar-refractivity contribution in [2.24, 2.45) is 5.73 Å². The predicted molar refractivity (Wildman–Crippen MR) is 391 cm³/mol. The highest BCUT2D eigenvalue weighted by atomic mass is 16.6. The lowest BCUT2D eigenvalue weighted by Gasteiger charge is -2.22. The molecule has 10 aliphatic carbocycles. The zero-order valence-corrected chi connectivity index (χ0v) is 63.9. The highest BCUT2D eigenvalue weighted by molar-refractivity contribution is 5.78. The number of nitrogens with one attached hydrogen (secondary N) is 1. The Kier molecular flexibility index (Phi) is 37.9. The van der Waals surface area contributed by atoms with E-state index in [2.05, 4.69) is 5.32 Å². The van der Waals surface area contributed by atoms with Gasteiger partial charge in [0.2, 0.25) is 0 Å². The van der Waals surface area contributed by atoms with Gasteiger partial charge in [-0.15, -0.1) is 0 Å². The molecule has 0 radical (unpaired) electrons. The van der Waals surface area contributed by atoms with Gasteiger partial charge in [0, 0.05) is 94.3 Å². The fourth-order valence-electron chi connectivity index (χ4n) is 11.1. The minimum absolute atomic E-state index is 0.00678. The second-order valence-corrected chi connectivity index (χ2v) is 23.9. The third kappa shape index (κ3) is 29.4. The zero-order valence-electron chi connectivity index (χ0n) is 63.9. The van der Waals surface area contributed by atoms with Crippen LogP contribution >= 0.6 is 0 Å². The van der Waals surface area contributed by atoms with Crippen molar-refractivity contribution in [1.82, 2.24) is 5.32 Å². The van der Waals surface area contributed by atoms with Crippen LogP contribution in [0.3, 0.4) is 0 Å². The molecule has 0 aliphatic heterocycles. The second-order valence-electron chi connectivity index (χ2n) is 23.9. The van der Waals surface area contributed by atoms with E-state index < -0.39 is 126 Å². The van der Waals surface area contributed by atoms with E-state index in [4.69, 9.17) is 95.7 Å². The Bertz CT molecular complexity index is 3730. The first-order valence-electron chi connectivity index (χ1n) is 36.6. The van der Waals surface area contributed by atoms with Crippen molar-refractivity contribution in [3.8, 4) is 57.5 Å². The van der Waals surface area contributed by atoms with Gasteiger partial charge in [-0.25, -0.2) is 43.2 Å². The van der Waals surface area contributed by atoms with Gasteiger partial charge < -0.3 is 101 Å². The van der Waals surface area contributed by atoms with Crippen molar-refractivity contribution in [2.45, 2.75) is 120 Å². The molecule has 0 fully saturated rings. The van der Waals surface area contributed by atoms with E-state index in [1.54, 1.807) is 74.4 Å². The van der Waals surface area contributed by atoms with E-state index in [1.165, 1.54) is 48.5 Å². The van der Waals surface area contributed by atoms with Gasteiger partial charge in [0.1, 0.15) is 57.5 Å². The van der Waals surface area contributed by atoms with Crippen LogP contribution in [0.4, 0.5) is 0 Å². The summed E-state index contributed by atoms with van der Waals surface area (Å²) in [6.07, 6.45) is 1.89. The molecule has 600 valence electrons. The summed E-state index contributed by atoms with van der Waals surface area (Å²) in [5.74, 6) is -7.29. The minimum atomic E-state index is -0.772. The first kappa shape index (κ1) is 87.7. The molecule has 0 atom stereocenters. The lowest BCUT2D eigenvalue weighted by atomic mass is 9.94.